The fourth-order valence-electron chi connectivity index (χ4n) is 2.62. The number of hydrogen-bond acceptors (Lipinski definition) is 2. The minimum atomic E-state index is 0.406. The lowest BCUT2D eigenvalue weighted by atomic mass is 9.94. The summed E-state index contributed by atoms with van der Waals surface area (Å²) in [5.41, 5.74) is 2.65. The van der Waals surface area contributed by atoms with Crippen molar-refractivity contribution in [1.29, 1.82) is 0 Å². The van der Waals surface area contributed by atoms with Crippen LogP contribution in [0.4, 0.5) is 0 Å². The quantitative estimate of drug-likeness (QED) is 0.902. The molecule has 0 bridgehead atoms. The van der Waals surface area contributed by atoms with Crippen LogP contribution in [0.25, 0.3) is 0 Å². The lowest BCUT2D eigenvalue weighted by Crippen LogP contribution is -2.32. The van der Waals surface area contributed by atoms with E-state index in [0.717, 1.165) is 18.9 Å². The molecular formula is C17H19NO. The zero-order valence-electron chi connectivity index (χ0n) is 11.2. The van der Waals surface area contributed by atoms with Crippen molar-refractivity contribution in [3.05, 3.63) is 65.7 Å². The summed E-state index contributed by atoms with van der Waals surface area (Å²) in [5.74, 6) is 1.49. The van der Waals surface area contributed by atoms with Gasteiger partial charge in [-0.15, -0.1) is 0 Å². The summed E-state index contributed by atoms with van der Waals surface area (Å²) in [6, 6.07) is 19.3. The van der Waals surface area contributed by atoms with Crippen LogP contribution in [0, 0.1) is 0 Å². The minimum Gasteiger partial charge on any atom is -0.493 e. The van der Waals surface area contributed by atoms with E-state index in [1.165, 1.54) is 11.1 Å². The summed E-state index contributed by atoms with van der Waals surface area (Å²) in [7, 11) is 0. The van der Waals surface area contributed by atoms with Gasteiger partial charge in [0.05, 0.1) is 6.61 Å². The predicted molar refractivity (Wildman–Crippen MR) is 77.4 cm³/mol. The van der Waals surface area contributed by atoms with Gasteiger partial charge >= 0.3 is 0 Å². The van der Waals surface area contributed by atoms with E-state index in [9.17, 15) is 0 Å². The molecule has 0 aromatic heterocycles. The van der Waals surface area contributed by atoms with Crippen molar-refractivity contribution in [2.45, 2.75) is 25.4 Å². The maximum Gasteiger partial charge on any atom is 0.122 e. The Balaban J connectivity index is 1.64. The van der Waals surface area contributed by atoms with Gasteiger partial charge in [0.25, 0.3) is 0 Å². The highest BCUT2D eigenvalue weighted by Gasteiger charge is 2.28. The molecule has 3 rings (SSSR count). The van der Waals surface area contributed by atoms with Gasteiger partial charge in [-0.1, -0.05) is 48.5 Å². The Bertz CT molecular complexity index is 538. The molecule has 0 spiro atoms. The Hall–Kier alpha value is -1.80. The van der Waals surface area contributed by atoms with E-state index in [0.29, 0.717) is 12.0 Å². The van der Waals surface area contributed by atoms with E-state index in [2.05, 4.69) is 54.7 Å². The Kier molecular flexibility index (Phi) is 3.51. The number of fused-ring (bicyclic) bond motifs is 1. The van der Waals surface area contributed by atoms with E-state index in [1.54, 1.807) is 0 Å². The van der Waals surface area contributed by atoms with Crippen molar-refractivity contribution in [3.8, 4) is 5.75 Å². The maximum absolute atomic E-state index is 5.74. The first-order chi connectivity index (χ1) is 9.34. The number of nitrogens with one attached hydrogen (secondary N) is 1. The van der Waals surface area contributed by atoms with Crippen LogP contribution in [0.1, 0.15) is 24.0 Å². The minimum absolute atomic E-state index is 0.406. The lowest BCUT2D eigenvalue weighted by Gasteiger charge is -2.20. The van der Waals surface area contributed by atoms with Crippen molar-refractivity contribution < 1.29 is 4.74 Å². The van der Waals surface area contributed by atoms with E-state index >= 15 is 0 Å². The second-order valence-corrected chi connectivity index (χ2v) is 5.11. The largest absolute Gasteiger partial charge is 0.493 e. The number of ether oxygens (including phenoxy) is 1. The molecule has 19 heavy (non-hydrogen) atoms. The zero-order chi connectivity index (χ0) is 13.1. The first-order valence-corrected chi connectivity index (χ1v) is 6.83. The molecule has 1 heterocycles. The molecule has 0 radical (unpaired) electrons. The Morgan fingerprint density at radius 1 is 1.11 bits per heavy atom. The highest BCUT2D eigenvalue weighted by atomic mass is 16.5. The number of benzene rings is 2. The summed E-state index contributed by atoms with van der Waals surface area (Å²) in [4.78, 5) is 0. The topological polar surface area (TPSA) is 21.3 Å². The molecule has 2 nitrogen and oxygen atoms in total. The van der Waals surface area contributed by atoms with Gasteiger partial charge in [-0.2, -0.15) is 0 Å². The lowest BCUT2D eigenvalue weighted by molar-refractivity contribution is 0.303. The van der Waals surface area contributed by atoms with Crippen LogP contribution in [-0.4, -0.2) is 12.6 Å². The molecule has 98 valence electrons. The van der Waals surface area contributed by atoms with Gasteiger partial charge in [0, 0.05) is 24.1 Å². The van der Waals surface area contributed by atoms with Gasteiger partial charge in [-0.25, -0.2) is 0 Å². The van der Waals surface area contributed by atoms with E-state index in [-0.39, 0.29) is 0 Å². The van der Waals surface area contributed by atoms with Gasteiger partial charge in [-0.3, -0.25) is 0 Å². The molecule has 1 N–H and O–H groups in total. The van der Waals surface area contributed by atoms with Crippen LogP contribution in [0.3, 0.4) is 0 Å². The summed E-state index contributed by atoms with van der Waals surface area (Å²) in [6.07, 6.45) is 0. The Morgan fingerprint density at radius 3 is 2.68 bits per heavy atom. The third-order valence-corrected chi connectivity index (χ3v) is 3.81. The first-order valence-electron chi connectivity index (χ1n) is 6.83. The third-order valence-electron chi connectivity index (χ3n) is 3.81. The molecule has 0 amide bonds. The van der Waals surface area contributed by atoms with Crippen LogP contribution >= 0.6 is 0 Å². The Morgan fingerprint density at radius 2 is 1.84 bits per heavy atom. The van der Waals surface area contributed by atoms with Crippen LogP contribution in [0.5, 0.6) is 5.75 Å². The van der Waals surface area contributed by atoms with Crippen molar-refractivity contribution in [1.82, 2.24) is 5.32 Å². The molecule has 0 unspecified atom stereocenters. The first kappa shape index (κ1) is 12.2. The summed E-state index contributed by atoms with van der Waals surface area (Å²) in [5, 5.41) is 3.60. The fraction of sp³-hybridized carbons (Fsp3) is 0.294. The molecule has 2 aromatic carbocycles. The monoisotopic (exact) mass is 253 g/mol. The highest BCUT2D eigenvalue weighted by molar-refractivity contribution is 5.40. The maximum atomic E-state index is 5.74. The molecule has 0 saturated heterocycles. The van der Waals surface area contributed by atoms with Crippen LogP contribution < -0.4 is 10.1 Å². The zero-order valence-corrected chi connectivity index (χ0v) is 11.2. The summed E-state index contributed by atoms with van der Waals surface area (Å²) < 4.78 is 5.74. The second kappa shape index (κ2) is 5.45. The van der Waals surface area contributed by atoms with Crippen LogP contribution in [0.15, 0.2) is 54.6 Å². The standard InChI is InChI=1S/C17H19NO/c1-13(18-11-14-7-3-2-4-8-14)16-12-19-17-10-6-5-9-15(16)17/h2-10,13,16,18H,11-12H2,1H3/t13-,16+/m1/s1. The van der Waals surface area contributed by atoms with Crippen LogP contribution in [0.2, 0.25) is 0 Å². The van der Waals surface area contributed by atoms with Gasteiger partial charge < -0.3 is 10.1 Å². The Labute approximate surface area is 114 Å². The average molecular weight is 253 g/mol. The molecule has 0 saturated carbocycles. The van der Waals surface area contributed by atoms with E-state index < -0.39 is 0 Å². The summed E-state index contributed by atoms with van der Waals surface area (Å²) in [6.45, 7) is 3.92. The molecule has 2 heteroatoms. The normalized spacial score (nSPS) is 18.7. The van der Waals surface area contributed by atoms with Gasteiger partial charge in [0.15, 0.2) is 0 Å². The fourth-order valence-corrected chi connectivity index (χ4v) is 2.62. The van der Waals surface area contributed by atoms with Crippen LogP contribution in [-0.2, 0) is 6.54 Å². The smallest absolute Gasteiger partial charge is 0.122 e. The third kappa shape index (κ3) is 2.64. The number of para-hydroxylation sites is 1. The molecule has 0 aliphatic carbocycles. The predicted octanol–water partition coefficient (Wildman–Crippen LogP) is 3.34. The van der Waals surface area contributed by atoms with Crippen molar-refractivity contribution in [2.24, 2.45) is 0 Å². The average Bonchev–Trinajstić information content (AvgIpc) is 2.90. The molecule has 1 aliphatic rings. The molecule has 2 atom stereocenters. The van der Waals surface area contributed by atoms with Gasteiger partial charge in [0.2, 0.25) is 0 Å². The number of rotatable bonds is 4. The van der Waals surface area contributed by atoms with E-state index in [4.69, 9.17) is 4.74 Å². The van der Waals surface area contributed by atoms with Crippen molar-refractivity contribution in [3.63, 3.8) is 0 Å². The van der Waals surface area contributed by atoms with E-state index in [1.807, 2.05) is 12.1 Å². The molecular weight excluding hydrogens is 234 g/mol. The van der Waals surface area contributed by atoms with Gasteiger partial charge in [-0.05, 0) is 18.6 Å². The second-order valence-electron chi connectivity index (χ2n) is 5.11. The summed E-state index contributed by atoms with van der Waals surface area (Å²) >= 11 is 0. The highest BCUT2D eigenvalue weighted by Crippen LogP contribution is 2.35. The SMILES string of the molecule is C[C@@H](NCc1ccccc1)[C@@H]1COc2ccccc21. The van der Waals surface area contributed by atoms with Gasteiger partial charge in [0.1, 0.15) is 5.75 Å². The molecule has 0 fully saturated rings. The molecule has 2 aromatic rings. The van der Waals surface area contributed by atoms with Crippen molar-refractivity contribution in [2.75, 3.05) is 6.61 Å². The van der Waals surface area contributed by atoms with Crippen molar-refractivity contribution >= 4 is 0 Å². The number of hydrogen-bond donors (Lipinski definition) is 1. The molecule has 1 aliphatic heterocycles.